The van der Waals surface area contributed by atoms with Gasteiger partial charge in [-0.3, -0.25) is 4.79 Å². The largest absolute Gasteiger partial charge is 0.347 e. The molecule has 0 fully saturated rings. The number of rotatable bonds is 5. The van der Waals surface area contributed by atoms with E-state index in [1.807, 2.05) is 31.2 Å². The molecule has 0 aliphatic rings. The van der Waals surface area contributed by atoms with Crippen molar-refractivity contribution in [3.63, 3.8) is 0 Å². The summed E-state index contributed by atoms with van der Waals surface area (Å²) in [5.41, 5.74) is 3.79. The molecular weight excluding hydrogens is 326 g/mol. The maximum absolute atomic E-state index is 12.3. The number of aryl methyl sites for hydroxylation is 1. The van der Waals surface area contributed by atoms with Crippen LogP contribution in [0.5, 0.6) is 0 Å². The van der Waals surface area contributed by atoms with E-state index in [2.05, 4.69) is 26.7 Å². The van der Waals surface area contributed by atoms with E-state index in [0.29, 0.717) is 18.1 Å². The lowest BCUT2D eigenvalue weighted by molar-refractivity contribution is 0.0946. The van der Waals surface area contributed by atoms with Gasteiger partial charge in [0.15, 0.2) is 0 Å². The molecule has 1 heterocycles. The van der Waals surface area contributed by atoms with E-state index >= 15 is 0 Å². The molecule has 1 aromatic heterocycles. The number of carbonyl (C=O) groups excluding carboxylic acids is 1. The predicted molar refractivity (Wildman–Crippen MR) is 98.8 cm³/mol. The van der Waals surface area contributed by atoms with Crippen molar-refractivity contribution in [3.05, 3.63) is 83.2 Å². The van der Waals surface area contributed by atoms with Crippen LogP contribution in [-0.2, 0) is 6.54 Å². The zero-order valence-corrected chi connectivity index (χ0v) is 14.2. The lowest BCUT2D eigenvalue weighted by atomic mass is 10.1. The summed E-state index contributed by atoms with van der Waals surface area (Å²) in [6, 6.07) is 18.5. The number of benzene rings is 2. The van der Waals surface area contributed by atoms with Crippen molar-refractivity contribution in [2.45, 2.75) is 13.5 Å². The summed E-state index contributed by atoms with van der Waals surface area (Å²) in [7, 11) is 0. The third-order valence-electron chi connectivity index (χ3n) is 3.73. The Bertz CT molecular complexity index is 943. The highest BCUT2D eigenvalue weighted by Crippen LogP contribution is 2.13. The minimum Gasteiger partial charge on any atom is -0.347 e. The molecule has 128 valence electrons. The maximum Gasteiger partial charge on any atom is 0.270 e. The molecule has 0 aliphatic heterocycles. The Labute approximate surface area is 151 Å². The number of amides is 1. The van der Waals surface area contributed by atoms with Crippen molar-refractivity contribution in [3.8, 4) is 6.07 Å². The Morgan fingerprint density at radius 3 is 2.50 bits per heavy atom. The van der Waals surface area contributed by atoms with Crippen molar-refractivity contribution in [1.82, 2.24) is 15.3 Å². The average Bonchev–Trinajstić information content (AvgIpc) is 2.68. The van der Waals surface area contributed by atoms with Gasteiger partial charge in [0.2, 0.25) is 5.95 Å². The number of nitrogens with zero attached hydrogens (tertiary/aromatic N) is 3. The molecule has 0 spiro atoms. The van der Waals surface area contributed by atoms with Crippen LogP contribution < -0.4 is 10.6 Å². The molecule has 26 heavy (non-hydrogen) atoms. The number of nitrogens with one attached hydrogen (secondary N) is 2. The molecule has 6 heteroatoms. The van der Waals surface area contributed by atoms with Crippen molar-refractivity contribution in [2.75, 3.05) is 5.32 Å². The minimum atomic E-state index is -0.268. The molecule has 0 bridgehead atoms. The highest BCUT2D eigenvalue weighted by atomic mass is 16.1. The van der Waals surface area contributed by atoms with Gasteiger partial charge in [-0.15, -0.1) is 0 Å². The Morgan fingerprint density at radius 2 is 1.81 bits per heavy atom. The summed E-state index contributed by atoms with van der Waals surface area (Å²) < 4.78 is 0. The first-order valence-electron chi connectivity index (χ1n) is 8.08. The molecule has 6 nitrogen and oxygen atoms in total. The molecule has 0 unspecified atom stereocenters. The Balaban J connectivity index is 1.64. The first kappa shape index (κ1) is 17.1. The van der Waals surface area contributed by atoms with Crippen molar-refractivity contribution < 1.29 is 4.79 Å². The van der Waals surface area contributed by atoms with Gasteiger partial charge in [0.25, 0.3) is 5.91 Å². The van der Waals surface area contributed by atoms with E-state index in [1.165, 1.54) is 11.8 Å². The van der Waals surface area contributed by atoms with Crippen molar-refractivity contribution in [2.24, 2.45) is 0 Å². The summed E-state index contributed by atoms with van der Waals surface area (Å²) in [6.45, 7) is 2.45. The molecule has 2 aromatic carbocycles. The number of hydrogen-bond acceptors (Lipinski definition) is 5. The Morgan fingerprint density at radius 1 is 1.08 bits per heavy atom. The second-order valence-corrected chi connectivity index (χ2v) is 5.75. The van der Waals surface area contributed by atoms with Gasteiger partial charge in [0, 0.05) is 18.4 Å². The third-order valence-corrected chi connectivity index (χ3v) is 3.73. The second kappa shape index (κ2) is 7.90. The van der Waals surface area contributed by atoms with Crippen LogP contribution in [0.3, 0.4) is 0 Å². The summed E-state index contributed by atoms with van der Waals surface area (Å²) in [4.78, 5) is 20.7. The van der Waals surface area contributed by atoms with Crippen LogP contribution in [0.15, 0.2) is 60.8 Å². The van der Waals surface area contributed by atoms with Gasteiger partial charge in [-0.2, -0.15) is 5.26 Å². The van der Waals surface area contributed by atoms with Crippen molar-refractivity contribution in [1.29, 1.82) is 5.26 Å². The highest BCUT2D eigenvalue weighted by molar-refractivity contribution is 5.92. The fourth-order valence-corrected chi connectivity index (χ4v) is 2.28. The number of aromatic nitrogens is 2. The zero-order chi connectivity index (χ0) is 18.4. The van der Waals surface area contributed by atoms with E-state index in [4.69, 9.17) is 5.26 Å². The monoisotopic (exact) mass is 343 g/mol. The summed E-state index contributed by atoms with van der Waals surface area (Å²) >= 11 is 0. The SMILES string of the molecule is Cc1ccc(CNC(=O)c2ccnc(Nc3ccc(C#N)cc3)n2)cc1. The van der Waals surface area contributed by atoms with E-state index in [1.54, 1.807) is 30.3 Å². The first-order chi connectivity index (χ1) is 12.6. The fraction of sp³-hybridized carbons (Fsp3) is 0.100. The number of carbonyl (C=O) groups is 1. The maximum atomic E-state index is 12.3. The van der Waals surface area contributed by atoms with Crippen LogP contribution >= 0.6 is 0 Å². The standard InChI is InChI=1S/C20H17N5O/c1-14-2-4-16(5-3-14)13-23-19(26)18-10-11-22-20(25-18)24-17-8-6-15(12-21)7-9-17/h2-11H,13H2,1H3,(H,23,26)(H,22,24,25). The lowest BCUT2D eigenvalue weighted by Crippen LogP contribution is -2.24. The Hall–Kier alpha value is -3.72. The van der Waals surface area contributed by atoms with Crippen LogP contribution in [0, 0.1) is 18.3 Å². The zero-order valence-electron chi connectivity index (χ0n) is 14.2. The molecule has 0 saturated carbocycles. The van der Waals surface area contributed by atoms with Crippen LogP contribution in [0.1, 0.15) is 27.2 Å². The molecule has 3 rings (SSSR count). The quantitative estimate of drug-likeness (QED) is 0.741. The molecule has 0 saturated heterocycles. The predicted octanol–water partition coefficient (Wildman–Crippen LogP) is 3.33. The third kappa shape index (κ3) is 4.42. The van der Waals surface area contributed by atoms with Crippen LogP contribution in [0.25, 0.3) is 0 Å². The van der Waals surface area contributed by atoms with Gasteiger partial charge < -0.3 is 10.6 Å². The van der Waals surface area contributed by atoms with Gasteiger partial charge in [-0.1, -0.05) is 29.8 Å². The average molecular weight is 343 g/mol. The second-order valence-electron chi connectivity index (χ2n) is 5.75. The number of hydrogen-bond donors (Lipinski definition) is 2. The summed E-state index contributed by atoms with van der Waals surface area (Å²) in [5.74, 6) is 0.0496. The van der Waals surface area contributed by atoms with Gasteiger partial charge in [0.1, 0.15) is 5.69 Å². The smallest absolute Gasteiger partial charge is 0.270 e. The Kier molecular flexibility index (Phi) is 5.20. The molecule has 2 N–H and O–H groups in total. The number of anilines is 2. The van der Waals surface area contributed by atoms with E-state index in [-0.39, 0.29) is 11.6 Å². The molecule has 0 atom stereocenters. The van der Waals surface area contributed by atoms with Crippen LogP contribution in [0.4, 0.5) is 11.6 Å². The van der Waals surface area contributed by atoms with Crippen LogP contribution in [0.2, 0.25) is 0 Å². The van der Waals surface area contributed by atoms with Gasteiger partial charge in [-0.25, -0.2) is 9.97 Å². The molecule has 0 radical (unpaired) electrons. The fourth-order valence-electron chi connectivity index (χ4n) is 2.28. The number of nitriles is 1. The van der Waals surface area contributed by atoms with E-state index in [9.17, 15) is 4.79 Å². The molecule has 3 aromatic rings. The van der Waals surface area contributed by atoms with Crippen LogP contribution in [-0.4, -0.2) is 15.9 Å². The lowest BCUT2D eigenvalue weighted by Gasteiger charge is -2.08. The molecule has 0 aliphatic carbocycles. The topological polar surface area (TPSA) is 90.7 Å². The van der Waals surface area contributed by atoms with Gasteiger partial charge >= 0.3 is 0 Å². The van der Waals surface area contributed by atoms with Gasteiger partial charge in [-0.05, 0) is 42.8 Å². The van der Waals surface area contributed by atoms with Crippen molar-refractivity contribution >= 4 is 17.5 Å². The normalized spacial score (nSPS) is 10.0. The summed E-state index contributed by atoms with van der Waals surface area (Å²) in [6.07, 6.45) is 1.53. The molecular formula is C20H17N5O. The van der Waals surface area contributed by atoms with E-state index in [0.717, 1.165) is 11.3 Å². The molecule has 1 amide bonds. The minimum absolute atomic E-state index is 0.268. The summed E-state index contributed by atoms with van der Waals surface area (Å²) in [5, 5.41) is 14.7. The van der Waals surface area contributed by atoms with Gasteiger partial charge in [0.05, 0.1) is 11.6 Å². The first-order valence-corrected chi connectivity index (χ1v) is 8.08. The van der Waals surface area contributed by atoms with E-state index < -0.39 is 0 Å². The highest BCUT2D eigenvalue weighted by Gasteiger charge is 2.09.